The van der Waals surface area contributed by atoms with Gasteiger partial charge >= 0.3 is 0 Å². The Hall–Kier alpha value is -1.46. The second-order valence-electron chi connectivity index (χ2n) is 8.50. The van der Waals surface area contributed by atoms with Crippen LogP contribution in [-0.4, -0.2) is 53.6 Å². The molecule has 3 fully saturated rings. The zero-order chi connectivity index (χ0) is 18.9. The van der Waals surface area contributed by atoms with E-state index in [-0.39, 0.29) is 17.3 Å². The quantitative estimate of drug-likeness (QED) is 0.878. The van der Waals surface area contributed by atoms with Crippen molar-refractivity contribution in [3.63, 3.8) is 0 Å². The molecular formula is C22H32FN3O. The van der Waals surface area contributed by atoms with Gasteiger partial charge in [0.25, 0.3) is 0 Å². The highest BCUT2D eigenvalue weighted by molar-refractivity contribution is 5.88. The first kappa shape index (κ1) is 18.9. The van der Waals surface area contributed by atoms with Gasteiger partial charge in [0.15, 0.2) is 0 Å². The Kier molecular flexibility index (Phi) is 5.51. The summed E-state index contributed by atoms with van der Waals surface area (Å²) in [6.45, 7) is 5.83. The lowest BCUT2D eigenvalue weighted by Crippen LogP contribution is -2.58. The van der Waals surface area contributed by atoms with Crippen LogP contribution >= 0.6 is 0 Å². The van der Waals surface area contributed by atoms with Crippen molar-refractivity contribution in [3.05, 3.63) is 35.6 Å². The van der Waals surface area contributed by atoms with Crippen molar-refractivity contribution in [3.8, 4) is 0 Å². The summed E-state index contributed by atoms with van der Waals surface area (Å²) in [6, 6.07) is 7.65. The minimum absolute atomic E-state index is 0.158. The van der Waals surface area contributed by atoms with E-state index in [9.17, 15) is 9.18 Å². The lowest BCUT2D eigenvalue weighted by atomic mass is 9.77. The molecule has 1 N–H and O–H groups in total. The maximum Gasteiger partial charge on any atom is 0.241 e. The second kappa shape index (κ2) is 7.88. The van der Waals surface area contributed by atoms with E-state index >= 15 is 0 Å². The number of piperidine rings is 1. The topological polar surface area (TPSA) is 35.6 Å². The van der Waals surface area contributed by atoms with Crippen molar-refractivity contribution in [1.29, 1.82) is 0 Å². The number of nitrogens with one attached hydrogen (secondary N) is 1. The molecule has 0 aromatic heterocycles. The summed E-state index contributed by atoms with van der Waals surface area (Å²) in [5.74, 6) is 0.557. The van der Waals surface area contributed by atoms with Gasteiger partial charge in [-0.3, -0.25) is 14.6 Å². The van der Waals surface area contributed by atoms with Gasteiger partial charge in [0.2, 0.25) is 5.91 Å². The summed E-state index contributed by atoms with van der Waals surface area (Å²) in [5.41, 5.74) is 0.986. The van der Waals surface area contributed by atoms with E-state index < -0.39 is 0 Å². The van der Waals surface area contributed by atoms with Gasteiger partial charge in [-0.2, -0.15) is 0 Å². The Morgan fingerprint density at radius 3 is 2.56 bits per heavy atom. The van der Waals surface area contributed by atoms with Crippen LogP contribution < -0.4 is 5.32 Å². The number of benzene rings is 1. The van der Waals surface area contributed by atoms with Gasteiger partial charge in [-0.25, -0.2) is 4.39 Å². The van der Waals surface area contributed by atoms with Gasteiger partial charge < -0.3 is 5.32 Å². The number of carbonyl (C=O) groups is 1. The van der Waals surface area contributed by atoms with Gasteiger partial charge in [0, 0.05) is 25.7 Å². The SMILES string of the molecule is CCCN1CNC(=O)C12CCN(C1CCCCC1c1ccc(F)cc1)CC2. The van der Waals surface area contributed by atoms with E-state index in [2.05, 4.69) is 22.0 Å². The highest BCUT2D eigenvalue weighted by Gasteiger charge is 2.50. The Balaban J connectivity index is 1.47. The summed E-state index contributed by atoms with van der Waals surface area (Å²) in [6.07, 6.45) is 7.84. The molecule has 1 aromatic carbocycles. The fraction of sp³-hybridized carbons (Fsp3) is 0.682. The summed E-state index contributed by atoms with van der Waals surface area (Å²) >= 11 is 0. The van der Waals surface area contributed by atoms with Crippen LogP contribution in [0.1, 0.15) is 63.4 Å². The summed E-state index contributed by atoms with van der Waals surface area (Å²) in [5, 5.41) is 3.08. The molecule has 0 bridgehead atoms. The van der Waals surface area contributed by atoms with Crippen LogP contribution in [0.25, 0.3) is 0 Å². The first-order valence-corrected chi connectivity index (χ1v) is 10.7. The first-order chi connectivity index (χ1) is 13.1. The monoisotopic (exact) mass is 373 g/mol. The molecule has 1 aliphatic carbocycles. The van der Waals surface area contributed by atoms with Crippen LogP contribution in [0.5, 0.6) is 0 Å². The zero-order valence-electron chi connectivity index (χ0n) is 16.4. The van der Waals surface area contributed by atoms with Gasteiger partial charge in [-0.05, 0) is 55.7 Å². The normalized spacial score (nSPS) is 29.2. The van der Waals surface area contributed by atoms with Crippen molar-refractivity contribution in [2.75, 3.05) is 26.3 Å². The molecule has 2 atom stereocenters. The average molecular weight is 374 g/mol. The van der Waals surface area contributed by atoms with Crippen LogP contribution in [0.15, 0.2) is 24.3 Å². The number of carbonyl (C=O) groups excluding carboxylic acids is 1. The Labute approximate surface area is 162 Å². The molecule has 3 aliphatic rings. The molecule has 4 rings (SSSR count). The van der Waals surface area contributed by atoms with Crippen LogP contribution in [0.2, 0.25) is 0 Å². The average Bonchev–Trinajstić information content (AvgIpc) is 2.99. The van der Waals surface area contributed by atoms with Crippen LogP contribution in [0.3, 0.4) is 0 Å². The summed E-state index contributed by atoms with van der Waals surface area (Å²) < 4.78 is 13.4. The molecule has 2 aliphatic heterocycles. The molecule has 0 radical (unpaired) electrons. The molecule has 148 valence electrons. The minimum Gasteiger partial charge on any atom is -0.342 e. The zero-order valence-corrected chi connectivity index (χ0v) is 16.4. The third-order valence-corrected chi connectivity index (χ3v) is 7.07. The number of rotatable bonds is 4. The molecule has 5 heteroatoms. The van der Waals surface area contributed by atoms with Crippen molar-refractivity contribution >= 4 is 5.91 Å². The number of amides is 1. The third kappa shape index (κ3) is 3.52. The molecule has 1 spiro atoms. The molecule has 27 heavy (non-hydrogen) atoms. The number of halogens is 1. The molecule has 2 unspecified atom stereocenters. The van der Waals surface area contributed by atoms with E-state index in [4.69, 9.17) is 0 Å². The lowest BCUT2D eigenvalue weighted by Gasteiger charge is -2.47. The summed E-state index contributed by atoms with van der Waals surface area (Å²) in [7, 11) is 0. The molecule has 2 heterocycles. The smallest absolute Gasteiger partial charge is 0.241 e. The largest absolute Gasteiger partial charge is 0.342 e. The predicted molar refractivity (Wildman–Crippen MR) is 105 cm³/mol. The molecular weight excluding hydrogens is 341 g/mol. The maximum absolute atomic E-state index is 13.4. The van der Waals surface area contributed by atoms with Crippen molar-refractivity contribution in [2.45, 2.75) is 69.4 Å². The number of nitrogens with zero attached hydrogens (tertiary/aromatic N) is 2. The van der Waals surface area contributed by atoms with Crippen LogP contribution in [-0.2, 0) is 4.79 Å². The number of likely N-dealkylation sites (tertiary alicyclic amines) is 1. The molecule has 1 aromatic rings. The number of hydrogen-bond donors (Lipinski definition) is 1. The van der Waals surface area contributed by atoms with Crippen molar-refractivity contribution in [2.24, 2.45) is 0 Å². The van der Waals surface area contributed by atoms with Crippen LogP contribution in [0, 0.1) is 5.82 Å². The first-order valence-electron chi connectivity index (χ1n) is 10.7. The molecule has 1 amide bonds. The molecule has 2 saturated heterocycles. The van der Waals surface area contributed by atoms with Gasteiger partial charge in [-0.1, -0.05) is 31.9 Å². The fourth-order valence-electron chi connectivity index (χ4n) is 5.61. The van der Waals surface area contributed by atoms with E-state index in [0.717, 1.165) is 38.9 Å². The predicted octanol–water partition coefficient (Wildman–Crippen LogP) is 3.49. The van der Waals surface area contributed by atoms with Gasteiger partial charge in [0.05, 0.1) is 6.67 Å². The Morgan fingerprint density at radius 2 is 1.85 bits per heavy atom. The number of hydrogen-bond acceptors (Lipinski definition) is 3. The maximum atomic E-state index is 13.4. The Morgan fingerprint density at radius 1 is 1.15 bits per heavy atom. The minimum atomic E-state index is -0.285. The highest BCUT2D eigenvalue weighted by Crippen LogP contribution is 2.40. The standard InChI is InChI=1S/C22H32FN3O/c1-2-13-26-16-24-21(27)22(26)11-14-25(15-12-22)20-6-4-3-5-19(20)17-7-9-18(23)10-8-17/h7-10,19-20H,2-6,11-16H2,1H3,(H,24,27). The third-order valence-electron chi connectivity index (χ3n) is 7.07. The highest BCUT2D eigenvalue weighted by atomic mass is 19.1. The van der Waals surface area contributed by atoms with E-state index in [1.807, 2.05) is 12.1 Å². The van der Waals surface area contributed by atoms with E-state index in [0.29, 0.717) is 18.6 Å². The van der Waals surface area contributed by atoms with Crippen LogP contribution in [0.4, 0.5) is 4.39 Å². The van der Waals surface area contributed by atoms with E-state index in [1.165, 1.54) is 31.2 Å². The summed E-state index contributed by atoms with van der Waals surface area (Å²) in [4.78, 5) is 17.6. The second-order valence-corrected chi connectivity index (χ2v) is 8.50. The fourth-order valence-corrected chi connectivity index (χ4v) is 5.61. The molecule has 4 nitrogen and oxygen atoms in total. The van der Waals surface area contributed by atoms with Gasteiger partial charge in [-0.15, -0.1) is 0 Å². The van der Waals surface area contributed by atoms with E-state index in [1.54, 1.807) is 12.1 Å². The lowest BCUT2D eigenvalue weighted by molar-refractivity contribution is -0.129. The van der Waals surface area contributed by atoms with Crippen molar-refractivity contribution in [1.82, 2.24) is 15.1 Å². The Bertz CT molecular complexity index is 654. The molecule has 1 saturated carbocycles. The van der Waals surface area contributed by atoms with Crippen molar-refractivity contribution < 1.29 is 9.18 Å². The van der Waals surface area contributed by atoms with Gasteiger partial charge in [0.1, 0.15) is 11.4 Å².